The standard InChI is InChI=1S/C46H45NO8/c1-6-36(45(50)54-31-33(4)43(48)52-7-2)18-15-29-47(40-19-13-10-14-20-40)41-27-21-35(22-28-41)30-42(37-16-11-9-12-17-37)38-23-25-39(26-24-38)46(51)55-32-34(5)44(49)53-8-3/h6,9-25,27-30,39H,1,4-5,7-8,26,31-32H2,2-3H3/b29-15+,36-18+,42-30?. The van der Waals surface area contributed by atoms with Crippen LogP contribution in [-0.2, 0) is 38.1 Å². The van der Waals surface area contributed by atoms with Crippen molar-refractivity contribution in [1.29, 1.82) is 0 Å². The van der Waals surface area contributed by atoms with Gasteiger partial charge in [-0.1, -0.05) is 105 Å². The maximum absolute atomic E-state index is 12.8. The molecule has 9 heteroatoms. The topological polar surface area (TPSA) is 108 Å². The van der Waals surface area contributed by atoms with Gasteiger partial charge in [-0.15, -0.1) is 0 Å². The smallest absolute Gasteiger partial charge is 0.338 e. The minimum absolute atomic E-state index is 0.0359. The van der Waals surface area contributed by atoms with Gasteiger partial charge >= 0.3 is 23.9 Å². The molecule has 1 aliphatic carbocycles. The number of carbonyl (C=O) groups is 4. The number of esters is 4. The van der Waals surface area contributed by atoms with Crippen molar-refractivity contribution in [3.05, 3.63) is 181 Å². The zero-order valence-electron chi connectivity index (χ0n) is 31.1. The van der Waals surface area contributed by atoms with Gasteiger partial charge in [0.25, 0.3) is 0 Å². The number of hydrogen-bond donors (Lipinski definition) is 0. The lowest BCUT2D eigenvalue weighted by molar-refractivity contribution is -0.147. The van der Waals surface area contributed by atoms with E-state index in [1.54, 1.807) is 26.0 Å². The number of allylic oxidation sites excluding steroid dienone is 6. The van der Waals surface area contributed by atoms with Crippen LogP contribution >= 0.6 is 0 Å². The van der Waals surface area contributed by atoms with Gasteiger partial charge in [-0.3, -0.25) is 4.79 Å². The Balaban J connectivity index is 1.53. The largest absolute Gasteiger partial charge is 0.463 e. The van der Waals surface area contributed by atoms with Crippen LogP contribution in [0.15, 0.2) is 170 Å². The summed E-state index contributed by atoms with van der Waals surface area (Å²) >= 11 is 0. The summed E-state index contributed by atoms with van der Waals surface area (Å²) in [5.74, 6) is -2.80. The highest BCUT2D eigenvalue weighted by Gasteiger charge is 2.22. The van der Waals surface area contributed by atoms with Crippen LogP contribution in [0.25, 0.3) is 11.6 Å². The minimum atomic E-state index is -0.655. The van der Waals surface area contributed by atoms with Gasteiger partial charge in [0.05, 0.1) is 35.9 Å². The zero-order chi connectivity index (χ0) is 39.6. The van der Waals surface area contributed by atoms with Gasteiger partial charge in [0.2, 0.25) is 0 Å². The first-order chi connectivity index (χ1) is 26.6. The van der Waals surface area contributed by atoms with E-state index in [-0.39, 0.29) is 43.1 Å². The van der Waals surface area contributed by atoms with Crippen molar-refractivity contribution in [2.45, 2.75) is 20.3 Å². The lowest BCUT2D eigenvalue weighted by Gasteiger charge is -2.21. The molecule has 9 nitrogen and oxygen atoms in total. The second-order valence-corrected chi connectivity index (χ2v) is 12.1. The lowest BCUT2D eigenvalue weighted by atomic mass is 9.89. The molecule has 4 rings (SSSR count). The van der Waals surface area contributed by atoms with Crippen LogP contribution in [0, 0.1) is 5.92 Å². The van der Waals surface area contributed by atoms with Crippen LogP contribution in [0.5, 0.6) is 0 Å². The third kappa shape index (κ3) is 12.2. The molecule has 3 aromatic carbocycles. The molecule has 0 aromatic heterocycles. The molecule has 0 amide bonds. The molecule has 0 saturated heterocycles. The Kier molecular flexibility index (Phi) is 15.7. The van der Waals surface area contributed by atoms with Crippen LogP contribution in [0.1, 0.15) is 31.4 Å². The Morgan fingerprint density at radius 3 is 1.89 bits per heavy atom. The van der Waals surface area contributed by atoms with Gasteiger partial charge in [0.15, 0.2) is 0 Å². The molecule has 55 heavy (non-hydrogen) atoms. The third-order valence-corrected chi connectivity index (χ3v) is 8.18. The molecule has 0 spiro atoms. The van der Waals surface area contributed by atoms with E-state index < -0.39 is 29.8 Å². The first kappa shape index (κ1) is 41.0. The zero-order valence-corrected chi connectivity index (χ0v) is 31.1. The number of ether oxygens (including phenoxy) is 4. The summed E-state index contributed by atoms with van der Waals surface area (Å²) in [7, 11) is 0. The summed E-state index contributed by atoms with van der Waals surface area (Å²) in [4.78, 5) is 51.1. The molecule has 0 radical (unpaired) electrons. The van der Waals surface area contributed by atoms with Crippen molar-refractivity contribution in [2.75, 3.05) is 31.3 Å². The van der Waals surface area contributed by atoms with Gasteiger partial charge < -0.3 is 23.8 Å². The van der Waals surface area contributed by atoms with Crippen molar-refractivity contribution < 1.29 is 38.1 Å². The predicted octanol–water partition coefficient (Wildman–Crippen LogP) is 8.82. The van der Waals surface area contributed by atoms with Crippen molar-refractivity contribution in [3.8, 4) is 0 Å². The summed E-state index contributed by atoms with van der Waals surface area (Å²) in [6, 6.07) is 27.8. The van der Waals surface area contributed by atoms with Gasteiger partial charge in [-0.2, -0.15) is 0 Å². The molecule has 0 saturated carbocycles. The van der Waals surface area contributed by atoms with Crippen molar-refractivity contribution in [2.24, 2.45) is 5.92 Å². The van der Waals surface area contributed by atoms with Crippen molar-refractivity contribution in [1.82, 2.24) is 0 Å². The predicted molar refractivity (Wildman–Crippen MR) is 216 cm³/mol. The molecular formula is C46H45NO8. The number of nitrogens with zero attached hydrogens (tertiary/aromatic N) is 1. The first-order valence-corrected chi connectivity index (χ1v) is 17.8. The van der Waals surface area contributed by atoms with E-state index >= 15 is 0 Å². The lowest BCUT2D eigenvalue weighted by Crippen LogP contribution is -2.20. The van der Waals surface area contributed by atoms with Crippen LogP contribution in [0.3, 0.4) is 0 Å². The van der Waals surface area contributed by atoms with Crippen LogP contribution in [0.2, 0.25) is 0 Å². The van der Waals surface area contributed by atoms with Crippen LogP contribution in [0.4, 0.5) is 11.4 Å². The molecular weight excluding hydrogens is 695 g/mol. The molecule has 1 atom stereocenters. The Morgan fingerprint density at radius 2 is 1.33 bits per heavy atom. The van der Waals surface area contributed by atoms with E-state index in [4.69, 9.17) is 18.9 Å². The van der Waals surface area contributed by atoms with E-state index in [9.17, 15) is 19.2 Å². The molecule has 1 aliphatic rings. The second-order valence-electron chi connectivity index (χ2n) is 12.1. The first-order valence-electron chi connectivity index (χ1n) is 17.8. The van der Waals surface area contributed by atoms with Crippen LogP contribution < -0.4 is 4.90 Å². The molecule has 0 N–H and O–H groups in total. The molecule has 282 valence electrons. The van der Waals surface area contributed by atoms with E-state index in [1.165, 1.54) is 6.08 Å². The average Bonchev–Trinajstić information content (AvgIpc) is 3.22. The summed E-state index contributed by atoms with van der Waals surface area (Å²) < 4.78 is 20.4. The fourth-order valence-electron chi connectivity index (χ4n) is 5.29. The minimum Gasteiger partial charge on any atom is -0.463 e. The highest BCUT2D eigenvalue weighted by atomic mass is 16.6. The summed E-state index contributed by atoms with van der Waals surface area (Å²) in [6.07, 6.45) is 14.8. The van der Waals surface area contributed by atoms with Gasteiger partial charge in [0.1, 0.15) is 13.2 Å². The van der Waals surface area contributed by atoms with Crippen molar-refractivity contribution in [3.63, 3.8) is 0 Å². The molecule has 0 bridgehead atoms. The Bertz CT molecular complexity index is 2020. The normalized spacial score (nSPS) is 14.0. The fourth-order valence-corrected chi connectivity index (χ4v) is 5.29. The molecule has 0 aliphatic heterocycles. The Morgan fingerprint density at radius 1 is 0.745 bits per heavy atom. The Hall–Kier alpha value is -6.74. The quantitative estimate of drug-likeness (QED) is 0.0416. The average molecular weight is 740 g/mol. The van der Waals surface area contributed by atoms with E-state index in [1.807, 2.05) is 114 Å². The maximum Gasteiger partial charge on any atom is 0.338 e. The summed E-state index contributed by atoms with van der Waals surface area (Å²) in [6.45, 7) is 14.3. The number of para-hydroxylation sites is 1. The number of carbonyl (C=O) groups excluding carboxylic acids is 4. The molecule has 3 aromatic rings. The second kappa shape index (κ2) is 21.1. The van der Waals surface area contributed by atoms with Crippen molar-refractivity contribution >= 4 is 46.9 Å². The SMILES string of the molecule is C=C/C(=C\C=C\N(c1ccccc1)c1ccc(C=C(C2=CCC(C(=O)OCC(=C)C(=O)OCC)C=C2)c2ccccc2)cc1)C(=O)OCC(=C)C(=O)OCC. The van der Waals surface area contributed by atoms with Crippen LogP contribution in [-0.4, -0.2) is 50.3 Å². The molecule has 0 fully saturated rings. The number of benzene rings is 3. The maximum atomic E-state index is 12.8. The summed E-state index contributed by atoms with van der Waals surface area (Å²) in [5.41, 5.74) is 5.98. The fraction of sp³-hybridized carbons (Fsp3) is 0.174. The van der Waals surface area contributed by atoms with E-state index in [2.05, 4.69) is 25.8 Å². The summed E-state index contributed by atoms with van der Waals surface area (Å²) in [5, 5.41) is 0. The van der Waals surface area contributed by atoms with Gasteiger partial charge in [-0.05, 0) is 85.0 Å². The van der Waals surface area contributed by atoms with Gasteiger partial charge in [-0.25, -0.2) is 14.4 Å². The Labute approximate surface area is 322 Å². The number of hydrogen-bond acceptors (Lipinski definition) is 9. The third-order valence-electron chi connectivity index (χ3n) is 8.18. The van der Waals surface area contributed by atoms with E-state index in [0.29, 0.717) is 6.42 Å². The molecule has 0 heterocycles. The number of rotatable bonds is 18. The van der Waals surface area contributed by atoms with Gasteiger partial charge in [0, 0.05) is 17.6 Å². The number of anilines is 2. The van der Waals surface area contributed by atoms with E-state index in [0.717, 1.165) is 33.6 Å². The monoisotopic (exact) mass is 739 g/mol. The highest BCUT2D eigenvalue weighted by molar-refractivity contribution is 5.95. The molecule has 1 unspecified atom stereocenters. The highest BCUT2D eigenvalue weighted by Crippen LogP contribution is 2.32.